The average Bonchev–Trinajstić information content (AvgIpc) is 2.88. The summed E-state index contributed by atoms with van der Waals surface area (Å²) in [6, 6.07) is 7.14. The lowest BCUT2D eigenvalue weighted by Crippen LogP contribution is -2.42. The lowest BCUT2D eigenvalue weighted by atomic mass is 10.2. The van der Waals surface area contributed by atoms with Gasteiger partial charge in [0.25, 0.3) is 0 Å². The largest absolute Gasteiger partial charge is 0.345 e. The minimum absolute atomic E-state index is 0.132. The summed E-state index contributed by atoms with van der Waals surface area (Å²) >= 11 is 1.69. The van der Waals surface area contributed by atoms with Gasteiger partial charge in [-0.25, -0.2) is 4.98 Å². The van der Waals surface area contributed by atoms with E-state index in [0.717, 1.165) is 22.6 Å². The van der Waals surface area contributed by atoms with Crippen molar-refractivity contribution < 1.29 is 4.79 Å². The number of imidazole rings is 1. The molecule has 0 saturated heterocycles. The van der Waals surface area contributed by atoms with Crippen molar-refractivity contribution in [2.24, 2.45) is 5.73 Å². The highest BCUT2D eigenvalue weighted by molar-refractivity contribution is 7.98. The van der Waals surface area contributed by atoms with E-state index in [1.54, 1.807) is 11.8 Å². The quantitative estimate of drug-likeness (QED) is 0.758. The molecule has 20 heavy (non-hydrogen) atoms. The third kappa shape index (κ3) is 3.52. The Labute approximate surface area is 122 Å². The molecule has 4 N–H and O–H groups in total. The van der Waals surface area contributed by atoms with Crippen LogP contribution >= 0.6 is 11.8 Å². The summed E-state index contributed by atoms with van der Waals surface area (Å²) in [5.41, 5.74) is 7.72. The zero-order valence-electron chi connectivity index (χ0n) is 11.7. The summed E-state index contributed by atoms with van der Waals surface area (Å²) in [5, 5.41) is 2.90. The summed E-state index contributed by atoms with van der Waals surface area (Å²) in [5.74, 6) is 1.50. The molecule has 1 amide bonds. The van der Waals surface area contributed by atoms with Gasteiger partial charge in [-0.05, 0) is 37.5 Å². The lowest BCUT2D eigenvalue weighted by molar-refractivity contribution is -0.123. The molecule has 108 valence electrons. The van der Waals surface area contributed by atoms with Crippen molar-refractivity contribution in [3.8, 4) is 0 Å². The van der Waals surface area contributed by atoms with Crippen molar-refractivity contribution in [2.75, 3.05) is 12.0 Å². The molecule has 0 aliphatic heterocycles. The summed E-state index contributed by atoms with van der Waals surface area (Å²) in [6.07, 6.45) is 2.68. The van der Waals surface area contributed by atoms with Crippen LogP contribution in [0.3, 0.4) is 0 Å². The monoisotopic (exact) mass is 292 g/mol. The van der Waals surface area contributed by atoms with Gasteiger partial charge >= 0.3 is 0 Å². The Balaban J connectivity index is 2.00. The van der Waals surface area contributed by atoms with E-state index in [-0.39, 0.29) is 11.9 Å². The van der Waals surface area contributed by atoms with Crippen molar-refractivity contribution in [1.29, 1.82) is 0 Å². The minimum atomic E-state index is -0.464. The molecular formula is C14H20N4OS. The number of nitrogens with two attached hydrogens (primary N) is 1. The van der Waals surface area contributed by atoms with Crippen LogP contribution in [0.25, 0.3) is 11.0 Å². The Bertz CT molecular complexity index is 550. The van der Waals surface area contributed by atoms with Crippen LogP contribution in [0, 0.1) is 0 Å². The van der Waals surface area contributed by atoms with Crippen LogP contribution in [-0.4, -0.2) is 33.9 Å². The van der Waals surface area contributed by atoms with Crippen LogP contribution < -0.4 is 11.1 Å². The van der Waals surface area contributed by atoms with Gasteiger partial charge in [-0.15, -0.1) is 0 Å². The van der Waals surface area contributed by atoms with Crippen molar-refractivity contribution in [1.82, 2.24) is 15.3 Å². The van der Waals surface area contributed by atoms with Gasteiger partial charge in [0, 0.05) is 0 Å². The van der Waals surface area contributed by atoms with Crippen molar-refractivity contribution >= 4 is 28.7 Å². The van der Waals surface area contributed by atoms with Crippen molar-refractivity contribution in [3.05, 3.63) is 30.1 Å². The summed E-state index contributed by atoms with van der Waals surface area (Å²) < 4.78 is 0. The Morgan fingerprint density at radius 3 is 2.95 bits per heavy atom. The fourth-order valence-corrected chi connectivity index (χ4v) is 2.43. The predicted molar refractivity (Wildman–Crippen MR) is 83.6 cm³/mol. The number of aromatic amines is 1. The molecule has 1 aromatic heterocycles. The Morgan fingerprint density at radius 2 is 2.25 bits per heavy atom. The number of benzene rings is 1. The van der Waals surface area contributed by atoms with Gasteiger partial charge < -0.3 is 16.0 Å². The van der Waals surface area contributed by atoms with E-state index in [2.05, 4.69) is 15.3 Å². The second-order valence-electron chi connectivity index (χ2n) is 4.76. The molecule has 5 nitrogen and oxygen atoms in total. The third-order valence-corrected chi connectivity index (χ3v) is 3.79. The molecular weight excluding hydrogens is 272 g/mol. The van der Waals surface area contributed by atoms with E-state index in [1.165, 1.54) is 0 Å². The topological polar surface area (TPSA) is 83.8 Å². The molecule has 0 saturated carbocycles. The summed E-state index contributed by atoms with van der Waals surface area (Å²) in [6.45, 7) is 1.90. The maximum absolute atomic E-state index is 12.0. The number of hydrogen-bond donors (Lipinski definition) is 3. The average molecular weight is 292 g/mol. The number of hydrogen-bond acceptors (Lipinski definition) is 4. The molecule has 1 aromatic carbocycles. The Kier molecular flexibility index (Phi) is 5.03. The normalized spacial score (nSPS) is 14.2. The molecule has 1 heterocycles. The fourth-order valence-electron chi connectivity index (χ4n) is 1.94. The smallest absolute Gasteiger partial charge is 0.237 e. The highest BCUT2D eigenvalue weighted by atomic mass is 32.2. The van der Waals surface area contributed by atoms with Gasteiger partial charge in [-0.3, -0.25) is 4.79 Å². The Morgan fingerprint density at radius 1 is 1.50 bits per heavy atom. The molecule has 0 radical (unpaired) electrons. The first-order chi connectivity index (χ1) is 9.61. The number of nitrogens with zero attached hydrogens (tertiary/aromatic N) is 1. The van der Waals surface area contributed by atoms with Gasteiger partial charge in [-0.1, -0.05) is 12.1 Å². The number of fused-ring (bicyclic) bond motifs is 1. The first-order valence-corrected chi connectivity index (χ1v) is 8.00. The van der Waals surface area contributed by atoms with Gasteiger partial charge in [0.15, 0.2) is 0 Å². The number of H-pyrrole nitrogens is 1. The van der Waals surface area contributed by atoms with Crippen molar-refractivity contribution in [3.63, 3.8) is 0 Å². The van der Waals surface area contributed by atoms with Crippen LogP contribution in [0.5, 0.6) is 0 Å². The molecule has 2 aromatic rings. The molecule has 0 aliphatic rings. The first kappa shape index (κ1) is 14.9. The second-order valence-corrected chi connectivity index (χ2v) is 5.74. The SMILES string of the molecule is CSCC[C@H](N)C(=O)NC(C)c1nc2ccccc2[nH]1. The molecule has 2 atom stereocenters. The number of thioether (sulfide) groups is 1. The number of para-hydroxylation sites is 2. The lowest BCUT2D eigenvalue weighted by Gasteiger charge is -2.15. The maximum atomic E-state index is 12.0. The highest BCUT2D eigenvalue weighted by Gasteiger charge is 2.18. The predicted octanol–water partition coefficient (Wildman–Crippen LogP) is 1.82. The molecule has 0 aliphatic carbocycles. The number of carbonyl (C=O) groups excluding carboxylic acids is 1. The number of aromatic nitrogens is 2. The number of carbonyl (C=O) groups is 1. The van der Waals surface area contributed by atoms with Crippen LogP contribution in [0.1, 0.15) is 25.2 Å². The molecule has 0 bridgehead atoms. The first-order valence-electron chi connectivity index (χ1n) is 6.61. The molecule has 1 unspecified atom stereocenters. The molecule has 0 fully saturated rings. The number of nitrogens with one attached hydrogen (secondary N) is 2. The number of rotatable bonds is 6. The minimum Gasteiger partial charge on any atom is -0.345 e. The van der Waals surface area contributed by atoms with E-state index >= 15 is 0 Å². The van der Waals surface area contributed by atoms with Crippen molar-refractivity contribution in [2.45, 2.75) is 25.4 Å². The van der Waals surface area contributed by atoms with Gasteiger partial charge in [0.1, 0.15) is 5.82 Å². The molecule has 2 rings (SSSR count). The van der Waals surface area contributed by atoms with E-state index in [9.17, 15) is 4.79 Å². The van der Waals surface area contributed by atoms with Crippen LogP contribution in [0.4, 0.5) is 0 Å². The van der Waals surface area contributed by atoms with E-state index in [4.69, 9.17) is 5.73 Å². The van der Waals surface area contributed by atoms with E-state index in [0.29, 0.717) is 6.42 Å². The number of amides is 1. The van der Waals surface area contributed by atoms with E-state index in [1.807, 2.05) is 37.4 Å². The van der Waals surface area contributed by atoms with Gasteiger partial charge in [0.05, 0.1) is 23.1 Å². The fraction of sp³-hybridized carbons (Fsp3) is 0.429. The third-order valence-electron chi connectivity index (χ3n) is 3.15. The second kappa shape index (κ2) is 6.76. The molecule has 0 spiro atoms. The van der Waals surface area contributed by atoms with Gasteiger partial charge in [-0.2, -0.15) is 11.8 Å². The van der Waals surface area contributed by atoms with Crippen LogP contribution in [0.15, 0.2) is 24.3 Å². The van der Waals surface area contributed by atoms with Gasteiger partial charge in [0.2, 0.25) is 5.91 Å². The maximum Gasteiger partial charge on any atom is 0.237 e. The summed E-state index contributed by atoms with van der Waals surface area (Å²) in [7, 11) is 0. The Hall–Kier alpha value is -1.53. The zero-order chi connectivity index (χ0) is 14.5. The van der Waals surface area contributed by atoms with Crippen LogP contribution in [0.2, 0.25) is 0 Å². The van der Waals surface area contributed by atoms with Crippen LogP contribution in [-0.2, 0) is 4.79 Å². The molecule has 6 heteroatoms. The highest BCUT2D eigenvalue weighted by Crippen LogP contribution is 2.15. The zero-order valence-corrected chi connectivity index (χ0v) is 12.5. The van der Waals surface area contributed by atoms with E-state index < -0.39 is 6.04 Å². The standard InChI is InChI=1S/C14H20N4OS/c1-9(16-14(19)10(15)7-8-20-2)13-17-11-5-3-4-6-12(11)18-13/h3-6,9-10H,7-8,15H2,1-2H3,(H,16,19)(H,17,18)/t9?,10-/m0/s1. The summed E-state index contributed by atoms with van der Waals surface area (Å²) in [4.78, 5) is 19.6.